The first-order chi connectivity index (χ1) is 21.5. The molecule has 2 aliphatic rings. The van der Waals surface area contributed by atoms with Crippen LogP contribution in [0.3, 0.4) is 0 Å². The number of fused-ring (bicyclic) bond motifs is 2. The van der Waals surface area contributed by atoms with Gasteiger partial charge in [-0.15, -0.1) is 0 Å². The van der Waals surface area contributed by atoms with E-state index in [4.69, 9.17) is 28.6 Å². The Morgan fingerprint density at radius 3 is 2.66 bits per heavy atom. The number of H-pyrrole nitrogens is 1. The second-order valence-corrected chi connectivity index (χ2v) is 11.5. The average molecular weight is 597 g/mol. The number of aromatic nitrogens is 4. The number of oxazole rings is 1. The highest BCUT2D eigenvalue weighted by atomic mass is 16.5. The number of aromatic amines is 1. The van der Waals surface area contributed by atoms with Crippen LogP contribution < -0.4 is 14.8 Å². The molecule has 1 saturated heterocycles. The van der Waals surface area contributed by atoms with Crippen molar-refractivity contribution in [3.05, 3.63) is 54.0 Å². The number of anilines is 2. The first-order valence-electron chi connectivity index (χ1n) is 15.2. The molecule has 0 bridgehead atoms. The lowest BCUT2D eigenvalue weighted by molar-refractivity contribution is 0.0362. The fourth-order valence-corrected chi connectivity index (χ4v) is 6.23. The average Bonchev–Trinajstić information content (AvgIpc) is 3.80. The molecule has 3 aromatic heterocycles. The Labute approximate surface area is 254 Å². The Balaban J connectivity index is 1.21. The molecule has 7 rings (SSSR count). The van der Waals surface area contributed by atoms with Crippen LogP contribution in [0.2, 0.25) is 0 Å². The molecule has 1 saturated carbocycles. The molecule has 5 aromatic rings. The number of benzene rings is 2. The van der Waals surface area contributed by atoms with Crippen molar-refractivity contribution < 1.29 is 23.4 Å². The Bertz CT molecular complexity index is 1820. The standard InChI is InChI=1S/C33H36N6O5/c1-19-35-26-10-8-20(16-28(26)43-19)24-18-34-30-29(24)31(44-23-6-4-5-7-23)38-33(37-30)36-25-11-9-21(17-27(25)41-3)32(40)39(2)22-12-14-42-15-13-22/h8-11,16-18,22-23H,4-7,12-15H2,1-3H3,(H2,34,36,37,38). The summed E-state index contributed by atoms with van der Waals surface area (Å²) in [7, 11) is 3.43. The number of aryl methyl sites for hydroxylation is 1. The molecule has 228 valence electrons. The lowest BCUT2D eigenvalue weighted by atomic mass is 10.1. The molecule has 0 radical (unpaired) electrons. The van der Waals surface area contributed by atoms with Gasteiger partial charge in [-0.2, -0.15) is 9.97 Å². The third-order valence-electron chi connectivity index (χ3n) is 8.64. The molecule has 0 atom stereocenters. The molecule has 4 heterocycles. The number of amides is 1. The van der Waals surface area contributed by atoms with Gasteiger partial charge in [-0.25, -0.2) is 4.98 Å². The van der Waals surface area contributed by atoms with E-state index in [9.17, 15) is 4.79 Å². The molecular weight excluding hydrogens is 560 g/mol. The van der Waals surface area contributed by atoms with E-state index in [1.807, 2.05) is 44.4 Å². The van der Waals surface area contributed by atoms with Crippen LogP contribution in [0.5, 0.6) is 11.6 Å². The van der Waals surface area contributed by atoms with Gasteiger partial charge in [0.05, 0.1) is 18.2 Å². The lowest BCUT2D eigenvalue weighted by Crippen LogP contribution is -2.40. The molecule has 44 heavy (non-hydrogen) atoms. The van der Waals surface area contributed by atoms with E-state index in [1.54, 1.807) is 24.1 Å². The molecule has 1 aliphatic carbocycles. The summed E-state index contributed by atoms with van der Waals surface area (Å²) < 4.78 is 23.5. The zero-order chi connectivity index (χ0) is 30.2. The van der Waals surface area contributed by atoms with Gasteiger partial charge in [0.2, 0.25) is 11.8 Å². The van der Waals surface area contributed by atoms with Crippen LogP contribution in [0.1, 0.15) is 54.8 Å². The summed E-state index contributed by atoms with van der Waals surface area (Å²) in [6.45, 7) is 3.18. The van der Waals surface area contributed by atoms with Gasteiger partial charge in [0.25, 0.3) is 5.91 Å². The number of carbonyl (C=O) groups is 1. The smallest absolute Gasteiger partial charge is 0.253 e. The minimum Gasteiger partial charge on any atom is -0.495 e. The summed E-state index contributed by atoms with van der Waals surface area (Å²) in [6.07, 6.45) is 7.93. The van der Waals surface area contributed by atoms with Crippen molar-refractivity contribution in [2.45, 2.75) is 57.6 Å². The first-order valence-corrected chi connectivity index (χ1v) is 15.2. The van der Waals surface area contributed by atoms with Crippen molar-refractivity contribution in [2.75, 3.05) is 32.7 Å². The molecule has 11 heteroatoms. The minimum absolute atomic E-state index is 0.0516. The Morgan fingerprint density at radius 2 is 1.86 bits per heavy atom. The predicted molar refractivity (Wildman–Crippen MR) is 167 cm³/mol. The van der Waals surface area contributed by atoms with E-state index in [-0.39, 0.29) is 18.1 Å². The van der Waals surface area contributed by atoms with Crippen molar-refractivity contribution in [3.63, 3.8) is 0 Å². The van der Waals surface area contributed by atoms with E-state index < -0.39 is 0 Å². The zero-order valence-electron chi connectivity index (χ0n) is 25.2. The summed E-state index contributed by atoms with van der Waals surface area (Å²) >= 11 is 0. The number of carbonyl (C=O) groups excluding carboxylic acids is 1. The van der Waals surface area contributed by atoms with Crippen LogP contribution in [-0.4, -0.2) is 70.3 Å². The number of hydrogen-bond donors (Lipinski definition) is 2. The van der Waals surface area contributed by atoms with Crippen LogP contribution in [0.4, 0.5) is 11.6 Å². The van der Waals surface area contributed by atoms with Crippen LogP contribution >= 0.6 is 0 Å². The first kappa shape index (κ1) is 28.1. The van der Waals surface area contributed by atoms with Crippen LogP contribution in [-0.2, 0) is 4.74 Å². The van der Waals surface area contributed by atoms with E-state index in [0.717, 1.165) is 66.1 Å². The van der Waals surface area contributed by atoms with Crippen LogP contribution in [0, 0.1) is 6.92 Å². The normalized spacial score (nSPS) is 16.1. The summed E-state index contributed by atoms with van der Waals surface area (Å²) in [4.78, 5) is 32.5. The highest BCUT2D eigenvalue weighted by molar-refractivity contribution is 5.99. The van der Waals surface area contributed by atoms with Gasteiger partial charge in [-0.1, -0.05) is 6.07 Å². The molecule has 0 unspecified atom stereocenters. The number of methoxy groups -OCH3 is 1. The Kier molecular flexibility index (Phi) is 7.55. The van der Waals surface area contributed by atoms with Gasteiger partial charge in [-0.05, 0) is 74.4 Å². The fourth-order valence-electron chi connectivity index (χ4n) is 6.23. The third kappa shape index (κ3) is 5.43. The van der Waals surface area contributed by atoms with Crippen molar-refractivity contribution in [2.24, 2.45) is 0 Å². The van der Waals surface area contributed by atoms with Gasteiger partial charge >= 0.3 is 0 Å². The predicted octanol–water partition coefficient (Wildman–Crippen LogP) is 6.40. The maximum Gasteiger partial charge on any atom is 0.253 e. The van der Waals surface area contributed by atoms with E-state index >= 15 is 0 Å². The monoisotopic (exact) mass is 596 g/mol. The largest absolute Gasteiger partial charge is 0.495 e. The van der Waals surface area contributed by atoms with Crippen LogP contribution in [0.25, 0.3) is 33.3 Å². The number of nitrogens with one attached hydrogen (secondary N) is 2. The topological polar surface area (TPSA) is 128 Å². The van der Waals surface area contributed by atoms with E-state index in [0.29, 0.717) is 53.6 Å². The number of hydrogen-bond acceptors (Lipinski definition) is 9. The van der Waals surface area contributed by atoms with Crippen molar-refractivity contribution in [1.82, 2.24) is 24.8 Å². The van der Waals surface area contributed by atoms with Crippen molar-refractivity contribution >= 4 is 39.7 Å². The molecule has 1 amide bonds. The summed E-state index contributed by atoms with van der Waals surface area (Å²) in [5.41, 5.74) is 5.24. The molecule has 2 aromatic carbocycles. The highest BCUT2D eigenvalue weighted by Crippen LogP contribution is 2.38. The molecule has 2 N–H and O–H groups in total. The van der Waals surface area contributed by atoms with E-state index in [2.05, 4.69) is 15.3 Å². The van der Waals surface area contributed by atoms with Crippen molar-refractivity contribution in [1.29, 1.82) is 0 Å². The second kappa shape index (κ2) is 11.8. The lowest BCUT2D eigenvalue weighted by Gasteiger charge is -2.31. The number of ether oxygens (including phenoxy) is 3. The maximum atomic E-state index is 13.3. The maximum absolute atomic E-state index is 13.3. The molecule has 0 spiro atoms. The Morgan fingerprint density at radius 1 is 1.05 bits per heavy atom. The van der Waals surface area contributed by atoms with Gasteiger partial charge in [-0.3, -0.25) is 4.79 Å². The molecular formula is C33H36N6O5. The second-order valence-electron chi connectivity index (χ2n) is 11.5. The SMILES string of the molecule is COc1cc(C(=O)N(C)C2CCOCC2)ccc1Nc1nc(OC2CCCC2)c2c(-c3ccc4nc(C)oc4c3)c[nH]c2n1. The molecule has 2 fully saturated rings. The van der Waals surface area contributed by atoms with Crippen molar-refractivity contribution in [3.8, 4) is 22.8 Å². The minimum atomic E-state index is -0.0516. The third-order valence-corrected chi connectivity index (χ3v) is 8.64. The summed E-state index contributed by atoms with van der Waals surface area (Å²) in [6, 6.07) is 11.5. The Hall–Kier alpha value is -4.64. The van der Waals surface area contributed by atoms with Gasteiger partial charge < -0.3 is 33.8 Å². The zero-order valence-corrected chi connectivity index (χ0v) is 25.2. The summed E-state index contributed by atoms with van der Waals surface area (Å²) in [5, 5.41) is 4.11. The van der Waals surface area contributed by atoms with Crippen LogP contribution in [0.15, 0.2) is 47.0 Å². The number of rotatable bonds is 8. The number of nitrogens with zero attached hydrogens (tertiary/aromatic N) is 4. The fraction of sp³-hybridized carbons (Fsp3) is 0.394. The quantitative estimate of drug-likeness (QED) is 0.209. The van der Waals surface area contributed by atoms with Gasteiger partial charge in [0, 0.05) is 50.6 Å². The van der Waals surface area contributed by atoms with Gasteiger partial charge in [0.1, 0.15) is 23.0 Å². The van der Waals surface area contributed by atoms with Gasteiger partial charge in [0.15, 0.2) is 11.5 Å². The van der Waals surface area contributed by atoms with E-state index in [1.165, 1.54) is 0 Å². The summed E-state index contributed by atoms with van der Waals surface area (Å²) in [5.74, 6) is 1.96. The molecule has 11 nitrogen and oxygen atoms in total. The molecule has 1 aliphatic heterocycles. The highest BCUT2D eigenvalue weighted by Gasteiger charge is 2.25.